The maximum Gasteiger partial charge on any atom is 0.253 e. The molecule has 1 unspecified atom stereocenters. The highest BCUT2D eigenvalue weighted by Crippen LogP contribution is 2.01. The number of ether oxygens (including phenoxy) is 1. The van der Waals surface area contributed by atoms with Gasteiger partial charge in [-0.15, -0.1) is 0 Å². The summed E-state index contributed by atoms with van der Waals surface area (Å²) < 4.78 is 4.95. The molecule has 6 heteroatoms. The summed E-state index contributed by atoms with van der Waals surface area (Å²) in [6, 6.07) is 1.61. The molecule has 0 aromatic rings. The number of rotatable bonds is 7. The smallest absolute Gasteiger partial charge is 0.253 e. The normalized spacial score (nSPS) is 12.2. The van der Waals surface area contributed by atoms with Gasteiger partial charge < -0.3 is 4.74 Å². The van der Waals surface area contributed by atoms with Crippen LogP contribution in [0.4, 0.5) is 0 Å². The molecule has 0 aromatic heterocycles. The number of carbonyl (C=O) groups is 1. The number of likely N-dealkylation sites (N-methyl/N-ethyl adjacent to an activating group) is 1. The molecule has 0 fully saturated rings. The first-order valence-corrected chi connectivity index (χ1v) is 4.81. The zero-order valence-electron chi connectivity index (χ0n) is 9.19. The fraction of sp³-hybridized carbons (Fsp3) is 0.778. The molecule has 1 amide bonds. The minimum atomic E-state index is -0.432. The molecule has 0 rings (SSSR count). The molecule has 3 N–H and O–H groups in total. The summed E-state index contributed by atoms with van der Waals surface area (Å²) >= 11 is 0. The average molecular weight is 214 g/mol. The molecule has 86 valence electrons. The Morgan fingerprint density at radius 1 is 1.73 bits per heavy atom. The topological polar surface area (TPSA) is 91.4 Å². The van der Waals surface area contributed by atoms with Gasteiger partial charge in [-0.25, -0.2) is 5.84 Å². The van der Waals surface area contributed by atoms with Crippen LogP contribution in [0.2, 0.25) is 0 Å². The zero-order chi connectivity index (χ0) is 11.7. The summed E-state index contributed by atoms with van der Waals surface area (Å²) in [5.74, 6) is 4.78. The van der Waals surface area contributed by atoms with Crippen LogP contribution in [0, 0.1) is 11.3 Å². The van der Waals surface area contributed by atoms with Gasteiger partial charge in [0.25, 0.3) is 5.91 Å². The number of nitrogens with zero attached hydrogens (tertiary/aromatic N) is 2. The lowest BCUT2D eigenvalue weighted by Gasteiger charge is -2.27. The second-order valence-electron chi connectivity index (χ2n) is 3.02. The number of nitrogens with one attached hydrogen (secondary N) is 1. The largest absolute Gasteiger partial charge is 0.383 e. The molecule has 0 heterocycles. The quantitative estimate of drug-likeness (QED) is 0.330. The van der Waals surface area contributed by atoms with Crippen LogP contribution in [-0.4, -0.2) is 43.7 Å². The fourth-order valence-electron chi connectivity index (χ4n) is 1.33. The Kier molecular flexibility index (Phi) is 7.54. The van der Waals surface area contributed by atoms with Crippen molar-refractivity contribution in [2.45, 2.75) is 19.4 Å². The van der Waals surface area contributed by atoms with Gasteiger partial charge in [-0.2, -0.15) is 5.26 Å². The van der Waals surface area contributed by atoms with E-state index in [1.165, 1.54) is 7.11 Å². The van der Waals surface area contributed by atoms with E-state index in [9.17, 15) is 4.79 Å². The van der Waals surface area contributed by atoms with Crippen LogP contribution < -0.4 is 11.3 Å². The summed E-state index contributed by atoms with van der Waals surface area (Å²) in [6.45, 7) is 3.39. The van der Waals surface area contributed by atoms with E-state index in [4.69, 9.17) is 15.8 Å². The van der Waals surface area contributed by atoms with E-state index in [-0.39, 0.29) is 12.5 Å². The second kappa shape index (κ2) is 8.17. The summed E-state index contributed by atoms with van der Waals surface area (Å²) in [4.78, 5) is 13.3. The lowest BCUT2D eigenvalue weighted by atomic mass is 10.2. The van der Waals surface area contributed by atoms with Crippen LogP contribution in [0.3, 0.4) is 0 Å². The summed E-state index contributed by atoms with van der Waals surface area (Å²) in [7, 11) is 1.52. The van der Waals surface area contributed by atoms with E-state index >= 15 is 0 Å². The Morgan fingerprint density at radius 2 is 2.40 bits per heavy atom. The number of hydrogen-bond donors (Lipinski definition) is 2. The number of hydrazine groups is 1. The minimum absolute atomic E-state index is 0.266. The number of nitriles is 1. The molecule has 0 aliphatic rings. The molecular formula is C9H18N4O2. The third-order valence-corrected chi connectivity index (χ3v) is 2.13. The van der Waals surface area contributed by atoms with Gasteiger partial charge >= 0.3 is 0 Å². The predicted octanol–water partition coefficient (Wildman–Crippen LogP) is -0.773. The number of methoxy groups -OCH3 is 1. The van der Waals surface area contributed by atoms with Crippen LogP contribution in [0.25, 0.3) is 0 Å². The van der Waals surface area contributed by atoms with Gasteiger partial charge in [-0.3, -0.25) is 15.1 Å². The highest BCUT2D eigenvalue weighted by Gasteiger charge is 2.23. The molecule has 0 aliphatic heterocycles. The Labute approximate surface area is 89.9 Å². The van der Waals surface area contributed by atoms with Crippen molar-refractivity contribution in [1.29, 1.82) is 5.26 Å². The molecule has 0 aromatic carbocycles. The number of amides is 1. The Hall–Kier alpha value is -1.16. The van der Waals surface area contributed by atoms with Crippen LogP contribution in [-0.2, 0) is 9.53 Å². The van der Waals surface area contributed by atoms with Crippen molar-refractivity contribution < 1.29 is 9.53 Å². The van der Waals surface area contributed by atoms with E-state index in [1.54, 1.807) is 0 Å². The van der Waals surface area contributed by atoms with Crippen molar-refractivity contribution in [3.63, 3.8) is 0 Å². The monoisotopic (exact) mass is 214 g/mol. The summed E-state index contributed by atoms with van der Waals surface area (Å²) in [5.41, 5.74) is 2.10. The van der Waals surface area contributed by atoms with Gasteiger partial charge in [0.2, 0.25) is 0 Å². The second-order valence-corrected chi connectivity index (χ2v) is 3.02. The van der Waals surface area contributed by atoms with E-state index in [2.05, 4.69) is 5.43 Å². The van der Waals surface area contributed by atoms with Gasteiger partial charge in [-0.05, 0) is 6.54 Å². The van der Waals surface area contributed by atoms with Crippen LogP contribution in [0.5, 0.6) is 0 Å². The average Bonchev–Trinajstić information content (AvgIpc) is 2.27. The third-order valence-electron chi connectivity index (χ3n) is 2.13. The van der Waals surface area contributed by atoms with Gasteiger partial charge in [0.1, 0.15) is 6.04 Å². The van der Waals surface area contributed by atoms with Gasteiger partial charge in [0.05, 0.1) is 12.7 Å². The molecule has 6 nitrogen and oxygen atoms in total. The lowest BCUT2D eigenvalue weighted by molar-refractivity contribution is -0.128. The molecule has 0 saturated heterocycles. The number of nitrogens with two attached hydrogens (primary N) is 1. The van der Waals surface area contributed by atoms with E-state index < -0.39 is 6.04 Å². The maximum atomic E-state index is 11.4. The molecule has 0 spiro atoms. The molecule has 1 atom stereocenters. The minimum Gasteiger partial charge on any atom is -0.383 e. The van der Waals surface area contributed by atoms with Gasteiger partial charge in [-0.1, -0.05) is 6.92 Å². The van der Waals surface area contributed by atoms with Crippen molar-refractivity contribution in [2.24, 2.45) is 5.84 Å². The Balaban J connectivity index is 4.40. The van der Waals surface area contributed by atoms with Crippen molar-refractivity contribution >= 4 is 5.91 Å². The molecular weight excluding hydrogens is 196 g/mol. The molecule has 0 radical (unpaired) electrons. The molecule has 0 saturated carbocycles. The standard InChI is InChI=1S/C9H18N4O2/c1-3-13(6-4-5-10)8(7-15-2)9(14)12-11/h8H,3-4,6-7,11H2,1-2H3,(H,12,14). The van der Waals surface area contributed by atoms with Gasteiger partial charge in [0, 0.05) is 20.1 Å². The van der Waals surface area contributed by atoms with Crippen molar-refractivity contribution in [3.05, 3.63) is 0 Å². The summed E-state index contributed by atoms with van der Waals surface area (Å²) in [5, 5.41) is 8.48. The third kappa shape index (κ3) is 4.74. The van der Waals surface area contributed by atoms with Crippen LogP contribution in [0.1, 0.15) is 13.3 Å². The van der Waals surface area contributed by atoms with Crippen molar-refractivity contribution in [2.75, 3.05) is 26.8 Å². The molecule has 0 aliphatic carbocycles. The first-order valence-electron chi connectivity index (χ1n) is 4.81. The fourth-order valence-corrected chi connectivity index (χ4v) is 1.33. The molecule has 0 bridgehead atoms. The van der Waals surface area contributed by atoms with Crippen molar-refractivity contribution in [1.82, 2.24) is 10.3 Å². The number of hydrogen-bond acceptors (Lipinski definition) is 5. The zero-order valence-corrected chi connectivity index (χ0v) is 9.19. The SMILES string of the molecule is CCN(CCC#N)C(COC)C(=O)NN. The van der Waals surface area contributed by atoms with Crippen molar-refractivity contribution in [3.8, 4) is 6.07 Å². The van der Waals surface area contributed by atoms with Crippen LogP contribution in [0.15, 0.2) is 0 Å². The Bertz CT molecular complexity index is 227. The number of carbonyl (C=O) groups excluding carboxylic acids is 1. The first-order chi connectivity index (χ1) is 7.21. The maximum absolute atomic E-state index is 11.4. The van der Waals surface area contributed by atoms with Crippen LogP contribution >= 0.6 is 0 Å². The van der Waals surface area contributed by atoms with E-state index in [0.717, 1.165) is 0 Å². The van der Waals surface area contributed by atoms with Gasteiger partial charge in [0.15, 0.2) is 0 Å². The van der Waals surface area contributed by atoms with E-state index in [0.29, 0.717) is 19.5 Å². The Morgan fingerprint density at radius 3 is 2.80 bits per heavy atom. The highest BCUT2D eigenvalue weighted by molar-refractivity contribution is 5.81. The van der Waals surface area contributed by atoms with E-state index in [1.807, 2.05) is 17.9 Å². The summed E-state index contributed by atoms with van der Waals surface area (Å²) in [6.07, 6.45) is 0.381. The first kappa shape index (κ1) is 13.8. The predicted molar refractivity (Wildman–Crippen MR) is 55.5 cm³/mol. The lowest BCUT2D eigenvalue weighted by Crippen LogP contribution is -2.51. The highest BCUT2D eigenvalue weighted by atomic mass is 16.5. The molecule has 15 heavy (non-hydrogen) atoms.